The van der Waals surface area contributed by atoms with Crippen LogP contribution in [0.1, 0.15) is 29.8 Å². The molecular formula is C26H21F2N3O2S. The van der Waals surface area contributed by atoms with Gasteiger partial charge in [-0.3, -0.25) is 9.69 Å². The molecule has 1 aliphatic rings. The van der Waals surface area contributed by atoms with E-state index in [2.05, 4.69) is 9.97 Å². The third kappa shape index (κ3) is 4.34. The smallest absolute Gasteiger partial charge is 0.309 e. The van der Waals surface area contributed by atoms with E-state index in [1.165, 1.54) is 23.5 Å². The summed E-state index contributed by atoms with van der Waals surface area (Å²) in [5.41, 5.74) is 2.99. The highest BCUT2D eigenvalue weighted by atomic mass is 32.1. The number of carboxylic acids is 1. The Labute approximate surface area is 199 Å². The first-order valence-corrected chi connectivity index (χ1v) is 11.7. The first kappa shape index (κ1) is 22.3. The largest absolute Gasteiger partial charge is 0.481 e. The van der Waals surface area contributed by atoms with Crippen LogP contribution in [-0.2, 0) is 4.79 Å². The SMILES string of the molecule is CC(c1ccc(-c2nc3ccc(C=Cc4ccccc4F)nc3s2)c(F)c1)N1CC(C(=O)O)C1. The predicted octanol–water partition coefficient (Wildman–Crippen LogP) is 5.88. The molecule has 34 heavy (non-hydrogen) atoms. The average molecular weight is 478 g/mol. The van der Waals surface area contributed by atoms with Gasteiger partial charge in [-0.2, -0.15) is 0 Å². The van der Waals surface area contributed by atoms with E-state index in [1.54, 1.807) is 42.5 Å². The quantitative estimate of drug-likeness (QED) is 0.375. The number of likely N-dealkylation sites (tertiary alicyclic amines) is 1. The Bertz CT molecular complexity index is 1410. The number of aliphatic carboxylic acids is 1. The second-order valence-electron chi connectivity index (χ2n) is 8.34. The second-order valence-corrected chi connectivity index (χ2v) is 9.32. The zero-order valence-corrected chi connectivity index (χ0v) is 19.1. The van der Waals surface area contributed by atoms with Crippen molar-refractivity contribution in [3.63, 3.8) is 0 Å². The number of hydrogen-bond acceptors (Lipinski definition) is 5. The van der Waals surface area contributed by atoms with Gasteiger partial charge < -0.3 is 5.11 Å². The van der Waals surface area contributed by atoms with E-state index >= 15 is 4.39 Å². The van der Waals surface area contributed by atoms with E-state index in [9.17, 15) is 9.18 Å². The number of benzene rings is 2. The number of fused-ring (bicyclic) bond motifs is 1. The molecule has 5 nitrogen and oxygen atoms in total. The van der Waals surface area contributed by atoms with Crippen molar-refractivity contribution in [3.05, 3.63) is 83.1 Å². The van der Waals surface area contributed by atoms with Gasteiger partial charge in [0.2, 0.25) is 0 Å². The number of thiazole rings is 1. The van der Waals surface area contributed by atoms with Crippen LogP contribution in [0.3, 0.4) is 0 Å². The minimum Gasteiger partial charge on any atom is -0.481 e. The lowest BCUT2D eigenvalue weighted by atomic mass is 9.95. The first-order valence-electron chi connectivity index (χ1n) is 10.9. The Balaban J connectivity index is 1.36. The fourth-order valence-corrected chi connectivity index (χ4v) is 4.96. The average Bonchev–Trinajstić information content (AvgIpc) is 3.20. The van der Waals surface area contributed by atoms with Crippen molar-refractivity contribution in [2.75, 3.05) is 13.1 Å². The fourth-order valence-electron chi connectivity index (χ4n) is 3.99. The molecule has 1 saturated heterocycles. The Morgan fingerprint density at radius 1 is 1.09 bits per heavy atom. The lowest BCUT2D eigenvalue weighted by molar-refractivity contribution is -0.148. The van der Waals surface area contributed by atoms with Crippen LogP contribution in [0, 0.1) is 17.6 Å². The molecule has 1 aliphatic heterocycles. The highest BCUT2D eigenvalue weighted by molar-refractivity contribution is 7.21. The van der Waals surface area contributed by atoms with E-state index in [0.29, 0.717) is 45.3 Å². The van der Waals surface area contributed by atoms with Crippen molar-refractivity contribution in [2.45, 2.75) is 13.0 Å². The van der Waals surface area contributed by atoms with Gasteiger partial charge in [0.15, 0.2) is 0 Å². The molecule has 1 N–H and O–H groups in total. The summed E-state index contributed by atoms with van der Waals surface area (Å²) >= 11 is 1.30. The van der Waals surface area contributed by atoms with Crippen LogP contribution in [0.15, 0.2) is 54.6 Å². The second kappa shape index (κ2) is 9.04. The van der Waals surface area contributed by atoms with Crippen molar-refractivity contribution >= 4 is 39.8 Å². The summed E-state index contributed by atoms with van der Waals surface area (Å²) in [7, 11) is 0. The van der Waals surface area contributed by atoms with Gasteiger partial charge in [0.05, 0.1) is 11.6 Å². The highest BCUT2D eigenvalue weighted by Crippen LogP contribution is 2.34. The molecule has 4 aromatic rings. The van der Waals surface area contributed by atoms with Crippen LogP contribution >= 0.6 is 11.3 Å². The predicted molar refractivity (Wildman–Crippen MR) is 129 cm³/mol. The van der Waals surface area contributed by atoms with Crippen LogP contribution < -0.4 is 0 Å². The van der Waals surface area contributed by atoms with Crippen molar-refractivity contribution < 1.29 is 18.7 Å². The van der Waals surface area contributed by atoms with Crippen molar-refractivity contribution in [2.24, 2.45) is 5.92 Å². The minimum absolute atomic E-state index is 0.0695. The van der Waals surface area contributed by atoms with Crippen LogP contribution in [0.4, 0.5) is 8.78 Å². The summed E-state index contributed by atoms with van der Waals surface area (Å²) in [5, 5.41) is 9.60. The zero-order valence-electron chi connectivity index (χ0n) is 18.3. The van der Waals surface area contributed by atoms with Crippen molar-refractivity contribution in [1.29, 1.82) is 0 Å². The number of pyridine rings is 1. The van der Waals surface area contributed by atoms with Gasteiger partial charge in [-0.05, 0) is 55.0 Å². The first-order chi connectivity index (χ1) is 16.4. The van der Waals surface area contributed by atoms with E-state index < -0.39 is 5.97 Å². The molecule has 0 amide bonds. The summed E-state index contributed by atoms with van der Waals surface area (Å²) in [6.07, 6.45) is 3.40. The molecule has 2 aromatic carbocycles. The Morgan fingerprint density at radius 2 is 1.88 bits per heavy atom. The number of nitrogens with zero attached hydrogens (tertiary/aromatic N) is 3. The topological polar surface area (TPSA) is 66.3 Å². The molecule has 1 fully saturated rings. The monoisotopic (exact) mass is 477 g/mol. The zero-order chi connectivity index (χ0) is 23.8. The normalized spacial score (nSPS) is 15.6. The van der Waals surface area contributed by atoms with E-state index in [1.807, 2.05) is 24.0 Å². The number of carbonyl (C=O) groups is 1. The molecule has 1 unspecified atom stereocenters. The van der Waals surface area contributed by atoms with E-state index in [4.69, 9.17) is 5.11 Å². The fraction of sp³-hybridized carbons (Fsp3) is 0.192. The minimum atomic E-state index is -0.791. The molecule has 5 rings (SSSR count). The molecule has 3 heterocycles. The Kier molecular flexibility index (Phi) is 5.93. The number of rotatable bonds is 6. The number of halogens is 2. The van der Waals surface area contributed by atoms with E-state index in [0.717, 1.165) is 5.56 Å². The Morgan fingerprint density at radius 3 is 2.62 bits per heavy atom. The highest BCUT2D eigenvalue weighted by Gasteiger charge is 2.35. The number of hydrogen-bond donors (Lipinski definition) is 1. The van der Waals surface area contributed by atoms with Crippen molar-refractivity contribution in [3.8, 4) is 10.6 Å². The summed E-state index contributed by atoms with van der Waals surface area (Å²) in [5.74, 6) is -1.82. The van der Waals surface area contributed by atoms with Crippen LogP contribution in [0.5, 0.6) is 0 Å². The number of aromatic nitrogens is 2. The molecule has 1 atom stereocenters. The lowest BCUT2D eigenvalue weighted by Gasteiger charge is -2.41. The molecule has 0 bridgehead atoms. The molecule has 172 valence electrons. The number of carboxylic acid groups (broad SMARTS) is 1. The molecule has 2 aromatic heterocycles. The molecule has 0 radical (unpaired) electrons. The van der Waals surface area contributed by atoms with Crippen LogP contribution in [0.2, 0.25) is 0 Å². The maximum Gasteiger partial charge on any atom is 0.309 e. The lowest BCUT2D eigenvalue weighted by Crippen LogP contribution is -2.51. The van der Waals surface area contributed by atoms with Crippen molar-refractivity contribution in [1.82, 2.24) is 14.9 Å². The van der Waals surface area contributed by atoms with Crippen LogP contribution in [0.25, 0.3) is 33.1 Å². The summed E-state index contributed by atoms with van der Waals surface area (Å²) in [6, 6.07) is 15.1. The third-order valence-corrected chi connectivity index (χ3v) is 7.13. The van der Waals surface area contributed by atoms with Crippen LogP contribution in [-0.4, -0.2) is 39.0 Å². The van der Waals surface area contributed by atoms with Gasteiger partial charge in [0.1, 0.15) is 27.0 Å². The summed E-state index contributed by atoms with van der Waals surface area (Å²) in [4.78, 5) is 22.8. The summed E-state index contributed by atoms with van der Waals surface area (Å²) < 4.78 is 28.9. The van der Waals surface area contributed by atoms with Gasteiger partial charge in [0.25, 0.3) is 0 Å². The third-order valence-electron chi connectivity index (χ3n) is 6.13. The Hall–Kier alpha value is -3.49. The van der Waals surface area contributed by atoms with Gasteiger partial charge in [0, 0.05) is 30.3 Å². The van der Waals surface area contributed by atoms with Gasteiger partial charge in [-0.25, -0.2) is 18.7 Å². The molecular weight excluding hydrogens is 456 g/mol. The molecule has 0 saturated carbocycles. The maximum atomic E-state index is 15.0. The van der Waals surface area contributed by atoms with E-state index in [-0.39, 0.29) is 23.6 Å². The molecule has 8 heteroatoms. The van der Waals surface area contributed by atoms with Gasteiger partial charge >= 0.3 is 5.97 Å². The maximum absolute atomic E-state index is 15.0. The summed E-state index contributed by atoms with van der Waals surface area (Å²) in [6.45, 7) is 2.89. The molecule has 0 spiro atoms. The standard InChI is InChI=1S/C26H21F2N3O2S/c1-15(31-13-18(14-31)26(32)33)17-7-10-20(22(28)12-17)24-30-23-11-9-19(29-25(23)34-24)8-6-16-4-2-3-5-21(16)27/h2-12,15,18H,13-14H2,1H3,(H,32,33). The molecule has 0 aliphatic carbocycles. The van der Waals surface area contributed by atoms with Gasteiger partial charge in [-0.15, -0.1) is 0 Å². The van der Waals surface area contributed by atoms with Gasteiger partial charge in [-0.1, -0.05) is 35.6 Å².